The van der Waals surface area contributed by atoms with Gasteiger partial charge in [-0.05, 0) is 12.1 Å². The van der Waals surface area contributed by atoms with Gasteiger partial charge in [0.25, 0.3) is 0 Å². The van der Waals surface area contributed by atoms with Gasteiger partial charge >= 0.3 is 6.01 Å². The molecule has 0 aliphatic heterocycles. The number of aromatic nitrogens is 2. The Labute approximate surface area is 68.5 Å². The summed E-state index contributed by atoms with van der Waals surface area (Å²) in [6.45, 7) is 0. The number of hydrogen-bond acceptors (Lipinski definition) is 4. The van der Waals surface area contributed by atoms with E-state index in [9.17, 15) is 0 Å². The SMILES string of the molecule is Oc1ncc(-c2ccco2)cn1. The lowest BCUT2D eigenvalue weighted by molar-refractivity contribution is 0.430. The molecule has 2 rings (SSSR count). The molecule has 2 aromatic rings. The van der Waals surface area contributed by atoms with Crippen molar-refractivity contribution in [1.82, 2.24) is 9.97 Å². The summed E-state index contributed by atoms with van der Waals surface area (Å²) in [7, 11) is 0. The van der Waals surface area contributed by atoms with Crippen LogP contribution in [0.3, 0.4) is 0 Å². The average molecular weight is 162 g/mol. The lowest BCUT2D eigenvalue weighted by Crippen LogP contribution is -1.81. The maximum atomic E-state index is 8.80. The molecular formula is C8H6N2O2. The van der Waals surface area contributed by atoms with Gasteiger partial charge in [-0.2, -0.15) is 0 Å². The highest BCUT2D eigenvalue weighted by Gasteiger charge is 2.00. The summed E-state index contributed by atoms with van der Waals surface area (Å²) >= 11 is 0. The fraction of sp³-hybridized carbons (Fsp3) is 0. The average Bonchev–Trinajstić information content (AvgIpc) is 2.58. The van der Waals surface area contributed by atoms with Crippen molar-refractivity contribution in [3.8, 4) is 17.3 Å². The van der Waals surface area contributed by atoms with Crippen molar-refractivity contribution >= 4 is 0 Å². The van der Waals surface area contributed by atoms with Crippen LogP contribution in [0, 0.1) is 0 Å². The molecule has 0 spiro atoms. The van der Waals surface area contributed by atoms with Crippen LogP contribution in [0.1, 0.15) is 0 Å². The van der Waals surface area contributed by atoms with E-state index >= 15 is 0 Å². The third-order valence-corrected chi connectivity index (χ3v) is 1.44. The largest absolute Gasteiger partial charge is 0.479 e. The molecule has 2 aromatic heterocycles. The number of furan rings is 1. The second-order valence-corrected chi connectivity index (χ2v) is 2.25. The van der Waals surface area contributed by atoms with Crippen LogP contribution in [0.2, 0.25) is 0 Å². The summed E-state index contributed by atoms with van der Waals surface area (Å²) in [5, 5.41) is 8.80. The summed E-state index contributed by atoms with van der Waals surface area (Å²) in [5.74, 6) is 0.690. The summed E-state index contributed by atoms with van der Waals surface area (Å²) in [4.78, 5) is 7.24. The van der Waals surface area contributed by atoms with Crippen molar-refractivity contribution in [2.75, 3.05) is 0 Å². The van der Waals surface area contributed by atoms with Crippen molar-refractivity contribution in [1.29, 1.82) is 0 Å². The number of rotatable bonds is 1. The Morgan fingerprint density at radius 2 is 2.00 bits per heavy atom. The van der Waals surface area contributed by atoms with Crippen molar-refractivity contribution < 1.29 is 9.52 Å². The minimum atomic E-state index is -0.231. The number of aromatic hydroxyl groups is 1. The number of hydrogen-bond donors (Lipinski definition) is 1. The minimum absolute atomic E-state index is 0.231. The van der Waals surface area contributed by atoms with Crippen LogP contribution >= 0.6 is 0 Å². The Morgan fingerprint density at radius 1 is 1.25 bits per heavy atom. The third-order valence-electron chi connectivity index (χ3n) is 1.44. The summed E-state index contributed by atoms with van der Waals surface area (Å²) in [5.41, 5.74) is 0.748. The van der Waals surface area contributed by atoms with Crippen LogP contribution < -0.4 is 0 Å². The topological polar surface area (TPSA) is 59.2 Å². The molecule has 0 aliphatic rings. The quantitative estimate of drug-likeness (QED) is 0.689. The van der Waals surface area contributed by atoms with Crippen LogP contribution in [-0.4, -0.2) is 15.1 Å². The third kappa shape index (κ3) is 1.14. The Morgan fingerprint density at radius 3 is 2.58 bits per heavy atom. The van der Waals surface area contributed by atoms with Gasteiger partial charge in [-0.1, -0.05) is 0 Å². The van der Waals surface area contributed by atoms with Gasteiger partial charge < -0.3 is 9.52 Å². The normalized spacial score (nSPS) is 10.0. The van der Waals surface area contributed by atoms with Crippen molar-refractivity contribution in [2.24, 2.45) is 0 Å². The highest BCUT2D eigenvalue weighted by Crippen LogP contribution is 2.17. The molecule has 0 saturated carbocycles. The molecule has 0 unspecified atom stereocenters. The molecule has 0 atom stereocenters. The van der Waals surface area contributed by atoms with Gasteiger partial charge in [0.05, 0.1) is 11.8 Å². The van der Waals surface area contributed by atoms with E-state index in [1.165, 1.54) is 12.4 Å². The van der Waals surface area contributed by atoms with Gasteiger partial charge in [-0.25, -0.2) is 9.97 Å². The molecule has 0 bridgehead atoms. The number of nitrogens with zero attached hydrogens (tertiary/aromatic N) is 2. The molecule has 0 amide bonds. The monoisotopic (exact) mass is 162 g/mol. The van der Waals surface area contributed by atoms with E-state index in [4.69, 9.17) is 9.52 Å². The lowest BCUT2D eigenvalue weighted by Gasteiger charge is -1.93. The molecule has 0 aromatic carbocycles. The minimum Gasteiger partial charge on any atom is -0.479 e. The molecule has 0 radical (unpaired) electrons. The van der Waals surface area contributed by atoms with Crippen LogP contribution in [0.5, 0.6) is 6.01 Å². The maximum Gasteiger partial charge on any atom is 0.313 e. The fourth-order valence-electron chi connectivity index (χ4n) is 0.891. The van der Waals surface area contributed by atoms with Gasteiger partial charge in [0.15, 0.2) is 0 Å². The van der Waals surface area contributed by atoms with E-state index in [1.54, 1.807) is 18.4 Å². The highest BCUT2D eigenvalue weighted by molar-refractivity contribution is 5.54. The van der Waals surface area contributed by atoms with Gasteiger partial charge in [0, 0.05) is 12.4 Å². The molecule has 2 heterocycles. The van der Waals surface area contributed by atoms with E-state index in [-0.39, 0.29) is 6.01 Å². The first kappa shape index (κ1) is 6.84. The Hall–Kier alpha value is -1.84. The first-order valence-corrected chi connectivity index (χ1v) is 3.41. The standard InChI is InChI=1S/C8H6N2O2/c11-8-9-4-6(5-10-8)7-2-1-3-12-7/h1-5H,(H,9,10,11). The molecule has 4 heteroatoms. The smallest absolute Gasteiger partial charge is 0.313 e. The van der Waals surface area contributed by atoms with Gasteiger partial charge in [-0.3, -0.25) is 0 Å². The van der Waals surface area contributed by atoms with Crippen LogP contribution in [-0.2, 0) is 0 Å². The van der Waals surface area contributed by atoms with E-state index in [1.807, 2.05) is 0 Å². The molecule has 0 aliphatic carbocycles. The zero-order chi connectivity index (χ0) is 8.39. The van der Waals surface area contributed by atoms with Crippen molar-refractivity contribution in [3.63, 3.8) is 0 Å². The molecule has 1 N–H and O–H groups in total. The van der Waals surface area contributed by atoms with Crippen LogP contribution in [0.15, 0.2) is 35.2 Å². The van der Waals surface area contributed by atoms with Gasteiger partial charge in [-0.15, -0.1) is 0 Å². The zero-order valence-corrected chi connectivity index (χ0v) is 6.14. The molecule has 0 fully saturated rings. The van der Waals surface area contributed by atoms with Gasteiger partial charge in [0.2, 0.25) is 0 Å². The van der Waals surface area contributed by atoms with Crippen LogP contribution in [0.4, 0.5) is 0 Å². The van der Waals surface area contributed by atoms with E-state index in [0.29, 0.717) is 5.76 Å². The summed E-state index contributed by atoms with van der Waals surface area (Å²) < 4.78 is 5.10. The van der Waals surface area contributed by atoms with Crippen LogP contribution in [0.25, 0.3) is 11.3 Å². The lowest BCUT2D eigenvalue weighted by atomic mass is 10.3. The maximum absolute atomic E-state index is 8.80. The molecule has 4 nitrogen and oxygen atoms in total. The molecule has 60 valence electrons. The first-order chi connectivity index (χ1) is 5.86. The second kappa shape index (κ2) is 2.65. The Kier molecular flexibility index (Phi) is 1.51. The van der Waals surface area contributed by atoms with E-state index in [2.05, 4.69) is 9.97 Å². The molecule has 0 saturated heterocycles. The fourth-order valence-corrected chi connectivity index (χ4v) is 0.891. The Bertz CT molecular complexity index is 353. The Balaban J connectivity index is 2.43. The zero-order valence-electron chi connectivity index (χ0n) is 6.14. The van der Waals surface area contributed by atoms with Crippen molar-refractivity contribution in [2.45, 2.75) is 0 Å². The second-order valence-electron chi connectivity index (χ2n) is 2.25. The predicted molar refractivity (Wildman–Crippen MR) is 41.4 cm³/mol. The summed E-state index contributed by atoms with van der Waals surface area (Å²) in [6.07, 6.45) is 4.57. The van der Waals surface area contributed by atoms with E-state index < -0.39 is 0 Å². The van der Waals surface area contributed by atoms with Crippen molar-refractivity contribution in [3.05, 3.63) is 30.8 Å². The molecule has 12 heavy (non-hydrogen) atoms. The van der Waals surface area contributed by atoms with E-state index in [0.717, 1.165) is 5.56 Å². The molecular weight excluding hydrogens is 156 g/mol. The summed E-state index contributed by atoms with van der Waals surface area (Å²) in [6, 6.07) is 3.35. The first-order valence-electron chi connectivity index (χ1n) is 3.41. The highest BCUT2D eigenvalue weighted by atomic mass is 16.3. The van der Waals surface area contributed by atoms with Gasteiger partial charge in [0.1, 0.15) is 5.76 Å². The predicted octanol–water partition coefficient (Wildman–Crippen LogP) is 1.44.